The second kappa shape index (κ2) is 9.27. The summed E-state index contributed by atoms with van der Waals surface area (Å²) < 4.78 is 20.1. The Morgan fingerprint density at radius 1 is 1.11 bits per heavy atom. The molecule has 3 aromatic rings. The van der Waals surface area contributed by atoms with Gasteiger partial charge in [0.15, 0.2) is 23.4 Å². The lowest BCUT2D eigenvalue weighted by atomic mass is 10.1. The molecule has 6 nitrogen and oxygen atoms in total. The number of Topliss-reactive ketones (excluding diaryl/α,β-unsaturated/α-hetero) is 1. The minimum Gasteiger partial charge on any atom is -0.457 e. The fourth-order valence-electron chi connectivity index (χ4n) is 2.54. The van der Waals surface area contributed by atoms with Crippen molar-refractivity contribution in [2.75, 3.05) is 12.4 Å². The van der Waals surface area contributed by atoms with Gasteiger partial charge in [0.05, 0.1) is 5.75 Å². The van der Waals surface area contributed by atoms with Gasteiger partial charge in [0, 0.05) is 17.7 Å². The maximum absolute atomic E-state index is 13.2. The van der Waals surface area contributed by atoms with Crippen molar-refractivity contribution in [2.45, 2.75) is 18.6 Å². The third kappa shape index (κ3) is 4.83. The van der Waals surface area contributed by atoms with Crippen LogP contribution < -0.4 is 0 Å². The summed E-state index contributed by atoms with van der Waals surface area (Å²) in [5.41, 5.74) is 1.10. The van der Waals surface area contributed by atoms with E-state index < -0.39 is 24.2 Å². The molecule has 1 aromatic heterocycles. The van der Waals surface area contributed by atoms with Crippen LogP contribution in [0.25, 0.3) is 11.4 Å². The van der Waals surface area contributed by atoms with Crippen molar-refractivity contribution in [3.8, 4) is 11.4 Å². The molecule has 0 radical (unpaired) electrons. The topological polar surface area (TPSA) is 74.1 Å². The molecule has 0 atom stereocenters. The van der Waals surface area contributed by atoms with E-state index >= 15 is 0 Å². The molecular weight excluding hydrogens is 381 g/mol. The van der Waals surface area contributed by atoms with Crippen molar-refractivity contribution < 1.29 is 18.7 Å². The average Bonchev–Trinajstić information content (AvgIpc) is 3.14. The number of ether oxygens (including phenoxy) is 1. The Bertz CT molecular complexity index is 976. The summed E-state index contributed by atoms with van der Waals surface area (Å²) in [4.78, 5) is 23.9. The van der Waals surface area contributed by atoms with Crippen LogP contribution in [-0.2, 0) is 16.1 Å². The van der Waals surface area contributed by atoms with Gasteiger partial charge < -0.3 is 9.30 Å². The molecule has 0 aliphatic carbocycles. The van der Waals surface area contributed by atoms with Gasteiger partial charge in [0.2, 0.25) is 0 Å². The third-order valence-electron chi connectivity index (χ3n) is 3.90. The van der Waals surface area contributed by atoms with Gasteiger partial charge >= 0.3 is 5.97 Å². The van der Waals surface area contributed by atoms with E-state index in [1.165, 1.54) is 30.0 Å². The monoisotopic (exact) mass is 399 g/mol. The lowest BCUT2D eigenvalue weighted by molar-refractivity contribution is -0.139. The molecule has 2 aromatic carbocycles. The van der Waals surface area contributed by atoms with Crippen LogP contribution in [0.2, 0.25) is 0 Å². The zero-order chi connectivity index (χ0) is 19.9. The van der Waals surface area contributed by atoms with Gasteiger partial charge in [-0.3, -0.25) is 9.59 Å². The Hall–Kier alpha value is -3.00. The number of halogens is 1. The smallest absolute Gasteiger partial charge is 0.316 e. The van der Waals surface area contributed by atoms with Gasteiger partial charge in [-0.15, -0.1) is 10.2 Å². The fraction of sp³-hybridized carbons (Fsp3) is 0.200. The maximum Gasteiger partial charge on any atom is 0.316 e. The van der Waals surface area contributed by atoms with Crippen molar-refractivity contribution >= 4 is 23.5 Å². The molecule has 0 saturated carbocycles. The minimum absolute atomic E-state index is 0.0106. The minimum atomic E-state index is -0.554. The molecule has 28 heavy (non-hydrogen) atoms. The van der Waals surface area contributed by atoms with Gasteiger partial charge in [-0.1, -0.05) is 54.2 Å². The average molecular weight is 399 g/mol. The van der Waals surface area contributed by atoms with Crippen molar-refractivity contribution in [3.63, 3.8) is 0 Å². The number of carbonyl (C=O) groups is 2. The summed E-state index contributed by atoms with van der Waals surface area (Å²) in [5.74, 6) is -0.813. The molecule has 0 aliphatic heterocycles. The van der Waals surface area contributed by atoms with Crippen LogP contribution in [0.1, 0.15) is 17.3 Å². The van der Waals surface area contributed by atoms with E-state index in [4.69, 9.17) is 4.74 Å². The molecule has 0 amide bonds. The zero-order valence-corrected chi connectivity index (χ0v) is 16.0. The number of rotatable bonds is 8. The van der Waals surface area contributed by atoms with Crippen LogP contribution in [0.3, 0.4) is 0 Å². The van der Waals surface area contributed by atoms with E-state index in [1.54, 1.807) is 0 Å². The van der Waals surface area contributed by atoms with Crippen molar-refractivity contribution in [2.24, 2.45) is 0 Å². The SMILES string of the molecule is CCn1c(SCC(=O)OCC(=O)c2cccc(F)c2)nnc1-c1ccccc1. The van der Waals surface area contributed by atoms with Crippen LogP contribution in [0.5, 0.6) is 0 Å². The lowest BCUT2D eigenvalue weighted by Gasteiger charge is -2.07. The van der Waals surface area contributed by atoms with Crippen molar-refractivity contribution in [1.82, 2.24) is 14.8 Å². The van der Waals surface area contributed by atoms with E-state index in [0.717, 1.165) is 17.5 Å². The highest BCUT2D eigenvalue weighted by molar-refractivity contribution is 7.99. The molecule has 0 N–H and O–H groups in total. The number of aromatic nitrogens is 3. The molecule has 0 saturated heterocycles. The maximum atomic E-state index is 13.2. The number of esters is 1. The first kappa shape index (κ1) is 19.8. The number of hydrogen-bond acceptors (Lipinski definition) is 6. The molecule has 8 heteroatoms. The molecule has 0 unspecified atom stereocenters. The van der Waals surface area contributed by atoms with Crippen LogP contribution in [0, 0.1) is 5.82 Å². The first-order valence-corrected chi connectivity index (χ1v) is 9.63. The van der Waals surface area contributed by atoms with Crippen molar-refractivity contribution in [1.29, 1.82) is 0 Å². The van der Waals surface area contributed by atoms with Crippen LogP contribution in [0.15, 0.2) is 59.8 Å². The molecular formula is C20H18FN3O3S. The Balaban J connectivity index is 1.56. The van der Waals surface area contributed by atoms with Crippen LogP contribution >= 0.6 is 11.8 Å². The summed E-state index contributed by atoms with van der Waals surface area (Å²) in [6.07, 6.45) is 0. The highest BCUT2D eigenvalue weighted by Gasteiger charge is 2.16. The third-order valence-corrected chi connectivity index (χ3v) is 4.84. The van der Waals surface area contributed by atoms with E-state index in [0.29, 0.717) is 11.7 Å². The van der Waals surface area contributed by atoms with Gasteiger partial charge in [0.1, 0.15) is 5.82 Å². The molecule has 0 bridgehead atoms. The molecule has 3 rings (SSSR count). The van der Waals surface area contributed by atoms with Gasteiger partial charge in [0.25, 0.3) is 0 Å². The molecule has 0 aliphatic rings. The van der Waals surface area contributed by atoms with E-state index in [1.807, 2.05) is 41.8 Å². The second-order valence-electron chi connectivity index (χ2n) is 5.80. The summed E-state index contributed by atoms with van der Waals surface area (Å²) in [6, 6.07) is 14.9. The highest BCUT2D eigenvalue weighted by Crippen LogP contribution is 2.23. The van der Waals surface area contributed by atoms with Gasteiger partial charge in [-0.25, -0.2) is 4.39 Å². The Labute approximate surface area is 165 Å². The van der Waals surface area contributed by atoms with Gasteiger partial charge in [-0.05, 0) is 19.1 Å². The van der Waals surface area contributed by atoms with E-state index in [2.05, 4.69) is 10.2 Å². The molecule has 0 fully saturated rings. The molecule has 1 heterocycles. The van der Waals surface area contributed by atoms with Crippen LogP contribution in [0.4, 0.5) is 4.39 Å². The largest absolute Gasteiger partial charge is 0.457 e. The number of hydrogen-bond donors (Lipinski definition) is 0. The number of nitrogens with zero attached hydrogens (tertiary/aromatic N) is 3. The first-order valence-electron chi connectivity index (χ1n) is 8.64. The predicted octanol–water partition coefficient (Wildman–Crippen LogP) is 3.62. The van der Waals surface area contributed by atoms with E-state index in [-0.39, 0.29) is 11.3 Å². The van der Waals surface area contributed by atoms with Crippen molar-refractivity contribution in [3.05, 3.63) is 66.0 Å². The Morgan fingerprint density at radius 3 is 2.61 bits per heavy atom. The molecule has 144 valence electrons. The highest BCUT2D eigenvalue weighted by atomic mass is 32.2. The second-order valence-corrected chi connectivity index (χ2v) is 6.74. The van der Waals surface area contributed by atoms with Crippen LogP contribution in [-0.4, -0.2) is 38.9 Å². The fourth-order valence-corrected chi connectivity index (χ4v) is 3.34. The Kier molecular flexibility index (Phi) is 6.54. The predicted molar refractivity (Wildman–Crippen MR) is 104 cm³/mol. The van der Waals surface area contributed by atoms with E-state index in [9.17, 15) is 14.0 Å². The number of thioether (sulfide) groups is 1. The molecule has 0 spiro atoms. The zero-order valence-electron chi connectivity index (χ0n) is 15.2. The lowest BCUT2D eigenvalue weighted by Crippen LogP contribution is -2.16. The quantitative estimate of drug-likeness (QED) is 0.327. The first-order chi connectivity index (χ1) is 13.6. The van der Waals surface area contributed by atoms with Gasteiger partial charge in [-0.2, -0.15) is 0 Å². The number of carbonyl (C=O) groups excluding carboxylic acids is 2. The number of ketones is 1. The summed E-state index contributed by atoms with van der Waals surface area (Å²) in [7, 11) is 0. The Morgan fingerprint density at radius 2 is 1.89 bits per heavy atom. The summed E-state index contributed by atoms with van der Waals surface area (Å²) in [5, 5.41) is 8.95. The number of benzene rings is 2. The normalized spacial score (nSPS) is 10.6. The summed E-state index contributed by atoms with van der Waals surface area (Å²) >= 11 is 1.19. The standard InChI is InChI=1S/C20H18FN3O3S/c1-2-24-19(14-7-4-3-5-8-14)22-23-20(24)28-13-18(26)27-12-17(25)15-9-6-10-16(21)11-15/h3-11H,2,12-13H2,1H3. The summed E-state index contributed by atoms with van der Waals surface area (Å²) in [6.45, 7) is 2.18.